The maximum Gasteiger partial charge on any atom is 0.302 e. The number of methoxy groups -OCH3 is 1. The Kier molecular flexibility index (Phi) is 13.4. The molecule has 9 heteroatoms. The normalized spacial score (nSPS) is 14.9. The van der Waals surface area contributed by atoms with Crippen LogP contribution in [0.15, 0.2) is 60.4 Å². The lowest BCUT2D eigenvalue weighted by molar-refractivity contribution is -0.153. The van der Waals surface area contributed by atoms with Gasteiger partial charge in [-0.15, -0.1) is 0 Å². The third-order valence-corrected chi connectivity index (χ3v) is 7.66. The molecule has 0 bridgehead atoms. The first-order valence-corrected chi connectivity index (χ1v) is 15.0. The number of carbonyl (C=O) groups is 2. The van der Waals surface area contributed by atoms with Gasteiger partial charge in [0.2, 0.25) is 0 Å². The van der Waals surface area contributed by atoms with Crippen LogP contribution in [0, 0.1) is 5.92 Å². The average molecular weight is 595 g/mol. The number of nitrogens with two attached hydrogens (primary N) is 1. The molecular weight excluding hydrogens is 548 g/mol. The molecule has 0 spiro atoms. The van der Waals surface area contributed by atoms with Gasteiger partial charge in [0.1, 0.15) is 12.2 Å². The van der Waals surface area contributed by atoms with Gasteiger partial charge in [-0.1, -0.05) is 36.4 Å². The lowest BCUT2D eigenvalue weighted by Crippen LogP contribution is -2.28. The van der Waals surface area contributed by atoms with E-state index in [4.69, 9.17) is 19.9 Å². The van der Waals surface area contributed by atoms with E-state index >= 15 is 0 Å². The standard InChI is InChI=1S/C34H46N2O7/c1-23(38)42-29(14-12-26(22-37)11-7-10-25-8-5-4-6-9-25)20-30(43-24(2)39)15-13-27-18-33(41-3)32(40)21-31(27)28-16-17-36-34(35)19-28/h4-6,8-9,16,18-19,21,26,29-30,36-37,40H,7,10-15,17,20,22,35H2,1-3H3. The van der Waals surface area contributed by atoms with Crippen molar-refractivity contribution in [2.45, 2.75) is 77.4 Å². The number of rotatable bonds is 17. The van der Waals surface area contributed by atoms with Gasteiger partial charge >= 0.3 is 11.9 Å². The molecule has 1 heterocycles. The smallest absolute Gasteiger partial charge is 0.302 e. The number of esters is 2. The first kappa shape index (κ1) is 33.5. The van der Waals surface area contributed by atoms with E-state index < -0.39 is 24.1 Å². The van der Waals surface area contributed by atoms with Crippen LogP contribution in [0.2, 0.25) is 0 Å². The number of dihydropyridines is 1. The van der Waals surface area contributed by atoms with Crippen LogP contribution in [-0.4, -0.2) is 54.6 Å². The first-order chi connectivity index (χ1) is 20.7. The third-order valence-electron chi connectivity index (χ3n) is 7.66. The van der Waals surface area contributed by atoms with E-state index in [0.29, 0.717) is 50.2 Å². The minimum absolute atomic E-state index is 0.0151. The summed E-state index contributed by atoms with van der Waals surface area (Å²) in [4.78, 5) is 24.0. The molecule has 0 amide bonds. The predicted molar refractivity (Wildman–Crippen MR) is 166 cm³/mol. The molecule has 1 aliphatic rings. The summed E-state index contributed by atoms with van der Waals surface area (Å²) in [5.74, 6) is 0.155. The number of phenolic OH excluding ortho intramolecular Hbond substituents is 1. The molecule has 0 radical (unpaired) electrons. The average Bonchev–Trinajstić information content (AvgIpc) is 2.97. The van der Waals surface area contributed by atoms with Gasteiger partial charge in [0, 0.05) is 33.4 Å². The van der Waals surface area contributed by atoms with Crippen LogP contribution in [0.3, 0.4) is 0 Å². The van der Waals surface area contributed by atoms with Gasteiger partial charge in [-0.2, -0.15) is 0 Å². The van der Waals surface area contributed by atoms with E-state index in [9.17, 15) is 19.8 Å². The summed E-state index contributed by atoms with van der Waals surface area (Å²) >= 11 is 0. The monoisotopic (exact) mass is 594 g/mol. The maximum atomic E-state index is 12.1. The number of carbonyl (C=O) groups excluding carboxylic acids is 2. The molecule has 2 aromatic rings. The number of nitrogens with one attached hydrogen (secondary N) is 1. The Balaban J connectivity index is 1.69. The number of allylic oxidation sites excluding steroid dienone is 2. The fourth-order valence-corrected chi connectivity index (χ4v) is 5.51. The molecule has 0 saturated heterocycles. The Morgan fingerprint density at radius 2 is 1.67 bits per heavy atom. The van der Waals surface area contributed by atoms with Gasteiger partial charge in [0.05, 0.1) is 12.9 Å². The second kappa shape index (κ2) is 17.2. The minimum atomic E-state index is -0.511. The van der Waals surface area contributed by atoms with Crippen molar-refractivity contribution in [3.8, 4) is 11.5 Å². The van der Waals surface area contributed by atoms with Crippen molar-refractivity contribution in [3.05, 3.63) is 77.1 Å². The SMILES string of the molecule is COc1cc(CCC(CC(CCC(CO)CCCc2ccccc2)OC(C)=O)OC(C)=O)c(C2=CCNC(N)=C2)cc1O. The van der Waals surface area contributed by atoms with E-state index in [0.717, 1.165) is 36.0 Å². The Labute approximate surface area is 254 Å². The number of hydrogen-bond acceptors (Lipinski definition) is 9. The third kappa shape index (κ3) is 11.3. The lowest BCUT2D eigenvalue weighted by atomic mass is 9.91. The molecule has 0 aromatic heterocycles. The molecule has 1 aliphatic heterocycles. The zero-order valence-electron chi connectivity index (χ0n) is 25.5. The zero-order valence-corrected chi connectivity index (χ0v) is 25.5. The molecule has 3 unspecified atom stereocenters. The second-order valence-corrected chi connectivity index (χ2v) is 11.1. The Morgan fingerprint density at radius 3 is 2.30 bits per heavy atom. The Hall–Kier alpha value is -3.98. The van der Waals surface area contributed by atoms with Crippen LogP contribution >= 0.6 is 0 Å². The predicted octanol–water partition coefficient (Wildman–Crippen LogP) is 4.79. The molecular formula is C34H46N2O7. The van der Waals surface area contributed by atoms with E-state index in [2.05, 4.69) is 17.4 Å². The van der Waals surface area contributed by atoms with Gasteiger partial charge in [-0.25, -0.2) is 0 Å². The number of aryl methyl sites for hydroxylation is 2. The van der Waals surface area contributed by atoms with Crippen LogP contribution in [0.5, 0.6) is 11.5 Å². The summed E-state index contributed by atoms with van der Waals surface area (Å²) in [7, 11) is 1.49. The highest BCUT2D eigenvalue weighted by Crippen LogP contribution is 2.35. The van der Waals surface area contributed by atoms with Gasteiger partial charge in [0.15, 0.2) is 11.5 Å². The van der Waals surface area contributed by atoms with Gasteiger partial charge < -0.3 is 35.5 Å². The first-order valence-electron chi connectivity index (χ1n) is 15.0. The maximum absolute atomic E-state index is 12.1. The number of aliphatic hydroxyl groups is 1. The summed E-state index contributed by atoms with van der Waals surface area (Å²) in [6.45, 7) is 3.36. The highest BCUT2D eigenvalue weighted by Gasteiger charge is 2.24. The number of benzene rings is 2. The van der Waals surface area contributed by atoms with Crippen LogP contribution in [0.4, 0.5) is 0 Å². The summed E-state index contributed by atoms with van der Waals surface area (Å²) in [5, 5.41) is 23.6. The van der Waals surface area contributed by atoms with Crippen molar-refractivity contribution in [1.82, 2.24) is 5.32 Å². The largest absolute Gasteiger partial charge is 0.504 e. The summed E-state index contributed by atoms with van der Waals surface area (Å²) in [6.07, 6.45) is 8.13. The van der Waals surface area contributed by atoms with Gasteiger partial charge in [-0.05, 0) is 91.3 Å². The molecule has 2 aromatic carbocycles. The summed E-state index contributed by atoms with van der Waals surface area (Å²) in [6, 6.07) is 13.7. The zero-order chi connectivity index (χ0) is 31.2. The summed E-state index contributed by atoms with van der Waals surface area (Å²) < 4.78 is 16.7. The van der Waals surface area contributed by atoms with Crippen molar-refractivity contribution in [3.63, 3.8) is 0 Å². The number of aromatic hydroxyl groups is 1. The van der Waals surface area contributed by atoms with E-state index in [1.165, 1.54) is 26.5 Å². The fourth-order valence-electron chi connectivity index (χ4n) is 5.51. The lowest BCUT2D eigenvalue weighted by Gasteiger charge is -2.25. The van der Waals surface area contributed by atoms with E-state index in [-0.39, 0.29) is 18.3 Å². The second-order valence-electron chi connectivity index (χ2n) is 11.1. The number of ether oxygens (including phenoxy) is 3. The Bertz CT molecular complexity index is 1260. The van der Waals surface area contributed by atoms with Crippen LogP contribution < -0.4 is 15.8 Å². The fraction of sp³-hybridized carbons (Fsp3) is 0.471. The van der Waals surface area contributed by atoms with Crippen molar-refractivity contribution >= 4 is 17.5 Å². The van der Waals surface area contributed by atoms with Crippen molar-refractivity contribution < 1.29 is 34.0 Å². The molecule has 9 nitrogen and oxygen atoms in total. The minimum Gasteiger partial charge on any atom is -0.504 e. The molecule has 3 rings (SSSR count). The highest BCUT2D eigenvalue weighted by atomic mass is 16.6. The van der Waals surface area contributed by atoms with Gasteiger partial charge in [0.25, 0.3) is 0 Å². The van der Waals surface area contributed by atoms with E-state index in [1.807, 2.05) is 30.4 Å². The number of phenols is 1. The van der Waals surface area contributed by atoms with Crippen molar-refractivity contribution in [2.24, 2.45) is 11.7 Å². The molecule has 0 aliphatic carbocycles. The van der Waals surface area contributed by atoms with Crippen molar-refractivity contribution in [1.29, 1.82) is 0 Å². The highest BCUT2D eigenvalue weighted by molar-refractivity contribution is 5.79. The van der Waals surface area contributed by atoms with Crippen LogP contribution in [0.25, 0.3) is 5.57 Å². The summed E-state index contributed by atoms with van der Waals surface area (Å²) in [5.41, 5.74) is 9.84. The number of aliphatic hydroxyl groups excluding tert-OH is 1. The van der Waals surface area contributed by atoms with E-state index in [1.54, 1.807) is 12.1 Å². The topological polar surface area (TPSA) is 140 Å². The molecule has 0 saturated carbocycles. The molecule has 0 fully saturated rings. The van der Waals surface area contributed by atoms with Crippen LogP contribution in [0.1, 0.15) is 69.1 Å². The Morgan fingerprint density at radius 1 is 0.977 bits per heavy atom. The van der Waals surface area contributed by atoms with Crippen molar-refractivity contribution in [2.75, 3.05) is 20.3 Å². The molecule has 43 heavy (non-hydrogen) atoms. The van der Waals surface area contributed by atoms with Crippen LogP contribution in [-0.2, 0) is 31.9 Å². The molecule has 5 N–H and O–H groups in total. The quantitative estimate of drug-likeness (QED) is 0.190. The number of hydrogen-bond donors (Lipinski definition) is 4. The van der Waals surface area contributed by atoms with Gasteiger partial charge in [-0.3, -0.25) is 9.59 Å². The molecule has 234 valence electrons. The molecule has 3 atom stereocenters.